The van der Waals surface area contributed by atoms with Crippen LogP contribution in [-0.2, 0) is 6.61 Å². The third-order valence-corrected chi connectivity index (χ3v) is 3.62. The number of halogens is 3. The maximum Gasteiger partial charge on any atom is 0.277 e. The number of nitrogens with zero attached hydrogens (tertiary/aromatic N) is 2. The third kappa shape index (κ3) is 3.59. The zero-order chi connectivity index (χ0) is 17.1. The van der Waals surface area contributed by atoms with Crippen molar-refractivity contribution in [2.24, 2.45) is 0 Å². The number of aryl methyl sites for hydroxylation is 1. The Morgan fingerprint density at radius 1 is 1.43 bits per heavy atom. The van der Waals surface area contributed by atoms with Gasteiger partial charge in [-0.15, -0.1) is 0 Å². The van der Waals surface area contributed by atoms with Crippen molar-refractivity contribution in [3.05, 3.63) is 63.3 Å². The van der Waals surface area contributed by atoms with Crippen LogP contribution in [0, 0.1) is 18.6 Å². The molecule has 2 aromatic rings. The molecule has 23 heavy (non-hydrogen) atoms. The van der Waals surface area contributed by atoms with E-state index in [1.165, 1.54) is 4.57 Å². The lowest BCUT2D eigenvalue weighted by molar-refractivity contribution is 0.292. The van der Waals surface area contributed by atoms with Gasteiger partial charge in [0.05, 0.1) is 6.20 Å². The predicted octanol–water partition coefficient (Wildman–Crippen LogP) is 3.94. The molecule has 2 heterocycles. The largest absolute Gasteiger partial charge is 0.485 e. The minimum Gasteiger partial charge on any atom is -0.485 e. The average molecular weight is 341 g/mol. The van der Waals surface area contributed by atoms with E-state index in [0.717, 1.165) is 6.20 Å². The molecule has 0 atom stereocenters. The standard InChI is InChI=1S/C16H15ClF2N2O2/c1-4-9(2)21-10(3)5-14(15(17)16(21)22)23-8-13-12(19)6-11(18)7-20-13/h5-7H,2,4,8H2,1,3H3. The van der Waals surface area contributed by atoms with E-state index in [4.69, 9.17) is 16.3 Å². The maximum absolute atomic E-state index is 13.5. The van der Waals surface area contributed by atoms with Crippen LogP contribution in [0.25, 0.3) is 5.70 Å². The second-order valence-corrected chi connectivity index (χ2v) is 5.27. The second kappa shape index (κ2) is 6.91. The monoisotopic (exact) mass is 340 g/mol. The molecule has 0 radical (unpaired) electrons. The van der Waals surface area contributed by atoms with Gasteiger partial charge >= 0.3 is 0 Å². The van der Waals surface area contributed by atoms with Crippen LogP contribution in [-0.4, -0.2) is 9.55 Å². The Morgan fingerprint density at radius 3 is 2.74 bits per heavy atom. The van der Waals surface area contributed by atoms with Gasteiger partial charge in [-0.05, 0) is 13.3 Å². The van der Waals surface area contributed by atoms with Gasteiger partial charge in [-0.3, -0.25) is 14.3 Å². The van der Waals surface area contributed by atoms with Crippen molar-refractivity contribution >= 4 is 17.3 Å². The van der Waals surface area contributed by atoms with Crippen molar-refractivity contribution in [2.75, 3.05) is 0 Å². The topological polar surface area (TPSA) is 44.1 Å². The van der Waals surface area contributed by atoms with Crippen LogP contribution < -0.4 is 10.3 Å². The first kappa shape index (κ1) is 17.1. The molecule has 0 spiro atoms. The summed E-state index contributed by atoms with van der Waals surface area (Å²) in [4.78, 5) is 15.9. The van der Waals surface area contributed by atoms with Crippen molar-refractivity contribution in [3.63, 3.8) is 0 Å². The fourth-order valence-corrected chi connectivity index (χ4v) is 2.23. The summed E-state index contributed by atoms with van der Waals surface area (Å²) in [6.45, 7) is 7.12. The number of ether oxygens (including phenoxy) is 1. The molecule has 0 unspecified atom stereocenters. The van der Waals surface area contributed by atoms with Gasteiger partial charge in [-0.1, -0.05) is 25.1 Å². The van der Waals surface area contributed by atoms with E-state index in [-0.39, 0.29) is 23.1 Å². The summed E-state index contributed by atoms with van der Waals surface area (Å²) >= 11 is 6.03. The summed E-state index contributed by atoms with van der Waals surface area (Å²) < 4.78 is 33.1. The Kier molecular flexibility index (Phi) is 5.15. The third-order valence-electron chi connectivity index (χ3n) is 3.27. The molecule has 2 rings (SSSR count). The molecular formula is C16H15ClF2N2O2. The SMILES string of the molecule is C=C(CC)n1c(C)cc(OCc2ncc(F)cc2F)c(Cl)c1=O. The van der Waals surface area contributed by atoms with Crippen LogP contribution in [0.1, 0.15) is 24.7 Å². The average Bonchev–Trinajstić information content (AvgIpc) is 2.50. The van der Waals surface area contributed by atoms with Gasteiger partial charge in [0.25, 0.3) is 5.56 Å². The Balaban J connectivity index is 2.31. The molecule has 7 heteroatoms. The Hall–Kier alpha value is -2.21. The molecule has 0 aliphatic carbocycles. The summed E-state index contributed by atoms with van der Waals surface area (Å²) in [5, 5.41) is -0.132. The van der Waals surface area contributed by atoms with Crippen molar-refractivity contribution in [1.82, 2.24) is 9.55 Å². The van der Waals surface area contributed by atoms with Gasteiger partial charge in [-0.25, -0.2) is 8.78 Å². The molecule has 122 valence electrons. The second-order valence-electron chi connectivity index (χ2n) is 4.90. The highest BCUT2D eigenvalue weighted by molar-refractivity contribution is 6.31. The van der Waals surface area contributed by atoms with E-state index in [0.29, 0.717) is 23.9 Å². The number of pyridine rings is 2. The number of aromatic nitrogens is 2. The molecule has 0 aliphatic heterocycles. The fourth-order valence-electron chi connectivity index (χ4n) is 2.03. The van der Waals surface area contributed by atoms with Gasteiger partial charge in [-0.2, -0.15) is 0 Å². The van der Waals surface area contributed by atoms with Crippen LogP contribution in [0.3, 0.4) is 0 Å². The zero-order valence-electron chi connectivity index (χ0n) is 12.7. The molecule has 0 bridgehead atoms. The molecule has 2 aromatic heterocycles. The summed E-state index contributed by atoms with van der Waals surface area (Å²) in [6, 6.07) is 2.27. The van der Waals surface area contributed by atoms with Crippen LogP contribution in [0.4, 0.5) is 8.78 Å². The lowest BCUT2D eigenvalue weighted by atomic mass is 10.3. The highest BCUT2D eigenvalue weighted by Gasteiger charge is 2.15. The molecule has 0 amide bonds. The summed E-state index contributed by atoms with van der Waals surface area (Å²) in [5.41, 5.74) is 0.657. The van der Waals surface area contributed by atoms with Crippen LogP contribution in [0.2, 0.25) is 5.02 Å². The van der Waals surface area contributed by atoms with E-state index >= 15 is 0 Å². The van der Waals surface area contributed by atoms with Gasteiger partial charge in [0.15, 0.2) is 5.82 Å². The number of hydrogen-bond acceptors (Lipinski definition) is 3. The van der Waals surface area contributed by atoms with Crippen molar-refractivity contribution in [1.29, 1.82) is 0 Å². The number of hydrogen-bond donors (Lipinski definition) is 0. The normalized spacial score (nSPS) is 10.7. The van der Waals surface area contributed by atoms with E-state index in [9.17, 15) is 13.6 Å². The highest BCUT2D eigenvalue weighted by atomic mass is 35.5. The van der Waals surface area contributed by atoms with Crippen molar-refractivity contribution < 1.29 is 13.5 Å². The summed E-state index contributed by atoms with van der Waals surface area (Å²) in [7, 11) is 0. The molecule has 4 nitrogen and oxygen atoms in total. The Morgan fingerprint density at radius 2 is 2.13 bits per heavy atom. The number of allylic oxidation sites excluding steroid dienone is 1. The Labute approximate surface area is 137 Å². The van der Waals surface area contributed by atoms with E-state index in [1.807, 2.05) is 6.92 Å². The van der Waals surface area contributed by atoms with Gasteiger partial charge in [0.2, 0.25) is 0 Å². The lowest BCUT2D eigenvalue weighted by Gasteiger charge is -2.15. The zero-order valence-corrected chi connectivity index (χ0v) is 13.5. The van der Waals surface area contributed by atoms with Crippen molar-refractivity contribution in [3.8, 4) is 5.75 Å². The van der Waals surface area contributed by atoms with E-state index in [1.54, 1.807) is 13.0 Å². The number of rotatable bonds is 5. The first-order valence-corrected chi connectivity index (χ1v) is 7.26. The van der Waals surface area contributed by atoms with Crippen LogP contribution in [0.5, 0.6) is 5.75 Å². The molecular weight excluding hydrogens is 326 g/mol. The van der Waals surface area contributed by atoms with E-state index in [2.05, 4.69) is 11.6 Å². The molecule has 0 saturated carbocycles. The molecule has 0 saturated heterocycles. The highest BCUT2D eigenvalue weighted by Crippen LogP contribution is 2.24. The summed E-state index contributed by atoms with van der Waals surface area (Å²) in [5.74, 6) is -1.49. The van der Waals surface area contributed by atoms with Gasteiger partial charge < -0.3 is 4.74 Å². The van der Waals surface area contributed by atoms with Gasteiger partial charge in [0.1, 0.15) is 28.9 Å². The summed E-state index contributed by atoms with van der Waals surface area (Å²) in [6.07, 6.45) is 1.47. The smallest absolute Gasteiger partial charge is 0.277 e. The quantitative estimate of drug-likeness (QED) is 0.828. The van der Waals surface area contributed by atoms with E-state index < -0.39 is 17.2 Å². The fraction of sp³-hybridized carbons (Fsp3) is 0.250. The minimum absolute atomic E-state index is 0.0812. The maximum atomic E-state index is 13.5. The van der Waals surface area contributed by atoms with Crippen molar-refractivity contribution in [2.45, 2.75) is 26.9 Å². The predicted molar refractivity (Wildman–Crippen MR) is 84.6 cm³/mol. The molecule has 0 aromatic carbocycles. The minimum atomic E-state index is -0.828. The van der Waals surface area contributed by atoms with Gasteiger partial charge in [0, 0.05) is 23.5 Å². The first-order valence-electron chi connectivity index (χ1n) is 6.88. The Bertz CT molecular complexity index is 818. The molecule has 0 aliphatic rings. The molecule has 0 fully saturated rings. The van der Waals surface area contributed by atoms with Crippen LogP contribution >= 0.6 is 11.6 Å². The lowest BCUT2D eigenvalue weighted by Crippen LogP contribution is -2.22. The first-order chi connectivity index (χ1) is 10.8. The van der Waals surface area contributed by atoms with Crippen LogP contribution in [0.15, 0.2) is 29.7 Å². The molecule has 0 N–H and O–H groups in total.